The Labute approximate surface area is 171 Å². The number of carbonyl (C=O) groups is 1. The van der Waals surface area contributed by atoms with Crippen molar-refractivity contribution < 1.29 is 4.79 Å². The summed E-state index contributed by atoms with van der Waals surface area (Å²) in [5.41, 5.74) is 3.82. The second-order valence-electron chi connectivity index (χ2n) is 6.82. The highest BCUT2D eigenvalue weighted by molar-refractivity contribution is 7.17. The van der Waals surface area contributed by atoms with Gasteiger partial charge in [-0.15, -0.1) is 11.3 Å². The standard InChI is InChI=1S/C21H19N5O2S/c1-11-12(2)25-26(4)21(28)17(11)20-23-13(3)18(29-20)19(27)24-15-9-14-7-5-6-8-16(14)22-10-15/h5-10H,1-4H3,(H,24,27). The van der Waals surface area contributed by atoms with Gasteiger partial charge in [-0.2, -0.15) is 5.10 Å². The van der Waals surface area contributed by atoms with E-state index in [-0.39, 0.29) is 11.5 Å². The number of aromatic nitrogens is 4. The van der Waals surface area contributed by atoms with Crippen LogP contribution in [0, 0.1) is 20.8 Å². The minimum atomic E-state index is -0.274. The van der Waals surface area contributed by atoms with E-state index in [4.69, 9.17) is 0 Å². The number of hydrogen-bond acceptors (Lipinski definition) is 6. The van der Waals surface area contributed by atoms with E-state index in [9.17, 15) is 9.59 Å². The number of amides is 1. The maximum atomic E-state index is 12.9. The third kappa shape index (κ3) is 3.42. The first-order valence-electron chi connectivity index (χ1n) is 9.03. The van der Waals surface area contributed by atoms with Crippen molar-refractivity contribution in [3.8, 4) is 10.6 Å². The number of thiazole rings is 1. The molecular formula is C21H19N5O2S. The van der Waals surface area contributed by atoms with Gasteiger partial charge in [-0.05, 0) is 38.5 Å². The van der Waals surface area contributed by atoms with Gasteiger partial charge in [-0.1, -0.05) is 18.2 Å². The third-order valence-electron chi connectivity index (χ3n) is 4.79. The fourth-order valence-corrected chi connectivity index (χ4v) is 4.20. The molecule has 8 heteroatoms. The van der Waals surface area contributed by atoms with E-state index in [1.165, 1.54) is 16.0 Å². The highest BCUT2D eigenvalue weighted by Crippen LogP contribution is 2.29. The van der Waals surface area contributed by atoms with E-state index in [0.717, 1.165) is 22.2 Å². The van der Waals surface area contributed by atoms with E-state index in [1.807, 2.05) is 44.2 Å². The van der Waals surface area contributed by atoms with E-state index in [1.54, 1.807) is 20.2 Å². The van der Waals surface area contributed by atoms with Crippen molar-refractivity contribution in [3.05, 3.63) is 68.7 Å². The maximum absolute atomic E-state index is 12.9. The number of benzene rings is 1. The van der Waals surface area contributed by atoms with Gasteiger partial charge < -0.3 is 5.32 Å². The molecule has 0 saturated carbocycles. The number of para-hydroxylation sites is 1. The first-order valence-corrected chi connectivity index (χ1v) is 9.85. The van der Waals surface area contributed by atoms with E-state index >= 15 is 0 Å². The van der Waals surface area contributed by atoms with Gasteiger partial charge in [0.05, 0.1) is 34.4 Å². The normalized spacial score (nSPS) is 11.0. The first-order chi connectivity index (χ1) is 13.8. The molecule has 4 aromatic rings. The number of nitrogens with one attached hydrogen (secondary N) is 1. The van der Waals surface area contributed by atoms with Gasteiger partial charge in [0, 0.05) is 12.4 Å². The fraction of sp³-hybridized carbons (Fsp3) is 0.190. The molecule has 7 nitrogen and oxygen atoms in total. The topological polar surface area (TPSA) is 89.8 Å². The predicted octanol–water partition coefficient (Wildman–Crippen LogP) is 3.63. The Balaban J connectivity index is 1.69. The molecule has 1 amide bonds. The van der Waals surface area contributed by atoms with Crippen molar-refractivity contribution in [1.29, 1.82) is 0 Å². The molecule has 0 bridgehead atoms. The molecule has 0 radical (unpaired) electrons. The number of pyridine rings is 1. The van der Waals surface area contributed by atoms with Crippen LogP contribution in [0.5, 0.6) is 0 Å². The highest BCUT2D eigenvalue weighted by atomic mass is 32.1. The molecule has 146 valence electrons. The summed E-state index contributed by atoms with van der Waals surface area (Å²) in [7, 11) is 1.61. The van der Waals surface area contributed by atoms with Gasteiger partial charge >= 0.3 is 0 Å². The largest absolute Gasteiger partial charge is 0.320 e. The predicted molar refractivity (Wildman–Crippen MR) is 114 cm³/mol. The number of nitrogens with zero attached hydrogens (tertiary/aromatic N) is 4. The Morgan fingerprint density at radius 3 is 2.69 bits per heavy atom. The van der Waals surface area contributed by atoms with Crippen LogP contribution in [0.1, 0.15) is 26.6 Å². The summed E-state index contributed by atoms with van der Waals surface area (Å²) in [6, 6.07) is 9.58. The van der Waals surface area contributed by atoms with Crippen LogP contribution >= 0.6 is 11.3 Å². The molecule has 1 N–H and O–H groups in total. The molecule has 0 atom stereocenters. The molecule has 0 aliphatic rings. The van der Waals surface area contributed by atoms with E-state index in [2.05, 4.69) is 20.4 Å². The number of hydrogen-bond donors (Lipinski definition) is 1. The lowest BCUT2D eigenvalue weighted by molar-refractivity contribution is 0.103. The summed E-state index contributed by atoms with van der Waals surface area (Å²) < 4.78 is 1.30. The van der Waals surface area contributed by atoms with Crippen LogP contribution in [0.25, 0.3) is 21.5 Å². The lowest BCUT2D eigenvalue weighted by Gasteiger charge is -2.07. The molecule has 0 saturated heterocycles. The summed E-state index contributed by atoms with van der Waals surface area (Å²) in [4.78, 5) is 34.8. The Kier molecular flexibility index (Phi) is 4.71. The number of carbonyl (C=O) groups excluding carboxylic acids is 1. The van der Waals surface area contributed by atoms with Gasteiger partial charge in [0.15, 0.2) is 0 Å². The van der Waals surface area contributed by atoms with E-state index in [0.29, 0.717) is 26.8 Å². The molecule has 3 heterocycles. The van der Waals surface area contributed by atoms with Crippen LogP contribution in [-0.4, -0.2) is 25.7 Å². The number of fused-ring (bicyclic) bond motifs is 1. The first kappa shape index (κ1) is 18.9. The van der Waals surface area contributed by atoms with Gasteiger partial charge in [-0.3, -0.25) is 14.6 Å². The Hall–Kier alpha value is -3.39. The average molecular weight is 405 g/mol. The van der Waals surface area contributed by atoms with Gasteiger partial charge in [-0.25, -0.2) is 9.67 Å². The van der Waals surface area contributed by atoms with Crippen LogP contribution < -0.4 is 10.9 Å². The molecule has 0 aliphatic carbocycles. The minimum Gasteiger partial charge on any atom is -0.320 e. The Morgan fingerprint density at radius 1 is 1.14 bits per heavy atom. The number of anilines is 1. The molecule has 3 aromatic heterocycles. The summed E-state index contributed by atoms with van der Waals surface area (Å²) in [6.45, 7) is 5.46. The molecule has 29 heavy (non-hydrogen) atoms. The van der Waals surface area contributed by atoms with Gasteiger partial charge in [0.2, 0.25) is 0 Å². The molecule has 4 rings (SSSR count). The zero-order chi connectivity index (χ0) is 20.7. The minimum absolute atomic E-state index is 0.229. The van der Waals surface area contributed by atoms with Crippen molar-refractivity contribution in [2.24, 2.45) is 7.05 Å². The third-order valence-corrected chi connectivity index (χ3v) is 5.96. The smallest absolute Gasteiger partial charge is 0.277 e. The van der Waals surface area contributed by atoms with Gasteiger partial charge in [0.1, 0.15) is 9.88 Å². The average Bonchev–Trinajstić information content (AvgIpc) is 3.08. The van der Waals surface area contributed by atoms with Crippen molar-refractivity contribution >= 4 is 33.8 Å². The monoisotopic (exact) mass is 405 g/mol. The van der Waals surface area contributed by atoms with Crippen molar-refractivity contribution in [2.45, 2.75) is 20.8 Å². The van der Waals surface area contributed by atoms with Crippen LogP contribution in [-0.2, 0) is 7.05 Å². The second-order valence-corrected chi connectivity index (χ2v) is 7.82. The molecular weight excluding hydrogens is 386 g/mol. The number of rotatable bonds is 3. The lowest BCUT2D eigenvalue weighted by Crippen LogP contribution is -2.23. The number of aryl methyl sites for hydroxylation is 3. The van der Waals surface area contributed by atoms with Crippen molar-refractivity contribution in [1.82, 2.24) is 19.7 Å². The summed E-state index contributed by atoms with van der Waals surface area (Å²) in [5, 5.41) is 8.54. The maximum Gasteiger partial charge on any atom is 0.277 e. The molecule has 1 aromatic carbocycles. The van der Waals surface area contributed by atoms with Crippen molar-refractivity contribution in [2.75, 3.05) is 5.32 Å². The Bertz CT molecular complexity index is 1320. The van der Waals surface area contributed by atoms with Gasteiger partial charge in [0.25, 0.3) is 11.5 Å². The summed E-state index contributed by atoms with van der Waals surface area (Å²) in [6.07, 6.45) is 1.63. The van der Waals surface area contributed by atoms with E-state index < -0.39 is 0 Å². The SMILES string of the molecule is Cc1nc(-c2c(C)c(C)nn(C)c2=O)sc1C(=O)Nc1cnc2ccccc2c1. The Morgan fingerprint density at radius 2 is 1.90 bits per heavy atom. The van der Waals surface area contributed by atoms with Crippen LogP contribution in [0.2, 0.25) is 0 Å². The van der Waals surface area contributed by atoms with Crippen LogP contribution in [0.15, 0.2) is 41.3 Å². The molecule has 0 unspecified atom stereocenters. The summed E-state index contributed by atoms with van der Waals surface area (Å²) >= 11 is 1.20. The molecule has 0 aliphatic heterocycles. The van der Waals surface area contributed by atoms with Crippen molar-refractivity contribution in [3.63, 3.8) is 0 Å². The van der Waals surface area contributed by atoms with Crippen LogP contribution in [0.4, 0.5) is 5.69 Å². The van der Waals surface area contributed by atoms with Crippen LogP contribution in [0.3, 0.4) is 0 Å². The molecule has 0 spiro atoms. The fourth-order valence-electron chi connectivity index (χ4n) is 3.14. The molecule has 0 fully saturated rings. The zero-order valence-electron chi connectivity index (χ0n) is 16.5. The lowest BCUT2D eigenvalue weighted by atomic mass is 10.1. The summed E-state index contributed by atoms with van der Waals surface area (Å²) in [5.74, 6) is -0.274. The quantitative estimate of drug-likeness (QED) is 0.562. The highest BCUT2D eigenvalue weighted by Gasteiger charge is 2.21. The second kappa shape index (κ2) is 7.21. The zero-order valence-corrected chi connectivity index (χ0v) is 17.3.